The Hall–Kier alpha value is -1.08. The lowest BCUT2D eigenvalue weighted by Crippen LogP contribution is -2.42. The average Bonchev–Trinajstić information content (AvgIpc) is 3.16. The molecule has 2 atom stereocenters. The SMILES string of the molecule is Cl.O=C(c1cc(-c2ccc(Cl)s2)on1)N1C2CCNCC1CC2. The molecule has 124 valence electrons. The topological polar surface area (TPSA) is 58.4 Å². The van der Waals surface area contributed by atoms with Crippen LogP contribution in [0.2, 0.25) is 4.34 Å². The summed E-state index contributed by atoms with van der Waals surface area (Å²) in [6.45, 7) is 1.84. The number of carbonyl (C=O) groups is 1. The minimum Gasteiger partial charge on any atom is -0.355 e. The summed E-state index contributed by atoms with van der Waals surface area (Å²) in [6.07, 6.45) is 3.16. The number of nitrogens with zero attached hydrogens (tertiary/aromatic N) is 2. The van der Waals surface area contributed by atoms with Gasteiger partial charge in [-0.05, 0) is 37.9 Å². The van der Waals surface area contributed by atoms with Crippen LogP contribution in [0.3, 0.4) is 0 Å². The van der Waals surface area contributed by atoms with Crippen LogP contribution in [0.4, 0.5) is 0 Å². The highest BCUT2D eigenvalue weighted by atomic mass is 35.5. The molecule has 2 saturated heterocycles. The zero-order valence-electron chi connectivity index (χ0n) is 12.3. The second-order valence-corrected chi connectivity index (χ2v) is 7.49. The summed E-state index contributed by atoms with van der Waals surface area (Å²) in [5.74, 6) is 0.578. The number of hydrogen-bond donors (Lipinski definition) is 1. The fourth-order valence-electron chi connectivity index (χ4n) is 3.39. The van der Waals surface area contributed by atoms with Crippen LogP contribution in [0.15, 0.2) is 22.7 Å². The summed E-state index contributed by atoms with van der Waals surface area (Å²) in [5, 5.41) is 7.38. The summed E-state index contributed by atoms with van der Waals surface area (Å²) in [4.78, 5) is 15.7. The Kier molecular flexibility index (Phi) is 4.96. The van der Waals surface area contributed by atoms with Gasteiger partial charge >= 0.3 is 0 Å². The molecule has 4 heterocycles. The molecule has 0 aromatic carbocycles. The van der Waals surface area contributed by atoms with E-state index in [9.17, 15) is 4.79 Å². The molecule has 0 radical (unpaired) electrons. The van der Waals surface area contributed by atoms with Gasteiger partial charge in [0.05, 0.1) is 9.21 Å². The first-order valence-electron chi connectivity index (χ1n) is 7.48. The molecule has 2 fully saturated rings. The largest absolute Gasteiger partial charge is 0.355 e. The Labute approximate surface area is 149 Å². The number of thiophene rings is 1. The van der Waals surface area contributed by atoms with Crippen molar-refractivity contribution in [2.75, 3.05) is 13.1 Å². The van der Waals surface area contributed by atoms with Crippen molar-refractivity contribution in [1.82, 2.24) is 15.4 Å². The van der Waals surface area contributed by atoms with E-state index in [1.54, 1.807) is 6.07 Å². The zero-order valence-corrected chi connectivity index (χ0v) is 14.7. The fraction of sp³-hybridized carbons (Fsp3) is 0.467. The van der Waals surface area contributed by atoms with Gasteiger partial charge in [0, 0.05) is 24.7 Å². The van der Waals surface area contributed by atoms with E-state index in [0.29, 0.717) is 21.8 Å². The molecule has 2 unspecified atom stereocenters. The van der Waals surface area contributed by atoms with E-state index in [2.05, 4.69) is 10.5 Å². The van der Waals surface area contributed by atoms with Crippen LogP contribution in [-0.2, 0) is 0 Å². The van der Waals surface area contributed by atoms with Gasteiger partial charge in [-0.1, -0.05) is 16.8 Å². The molecule has 5 nitrogen and oxygen atoms in total. The lowest BCUT2D eigenvalue weighted by atomic mass is 10.1. The molecule has 2 bridgehead atoms. The van der Waals surface area contributed by atoms with Crippen molar-refractivity contribution in [1.29, 1.82) is 0 Å². The Balaban J connectivity index is 0.00000156. The predicted molar refractivity (Wildman–Crippen MR) is 92.5 cm³/mol. The summed E-state index contributed by atoms with van der Waals surface area (Å²) in [6, 6.07) is 6.01. The maximum atomic E-state index is 12.8. The highest BCUT2D eigenvalue weighted by molar-refractivity contribution is 7.19. The van der Waals surface area contributed by atoms with E-state index in [1.165, 1.54) is 11.3 Å². The minimum absolute atomic E-state index is 0. The van der Waals surface area contributed by atoms with Crippen LogP contribution in [0.1, 0.15) is 29.8 Å². The minimum atomic E-state index is -0.0196. The number of hydrogen-bond acceptors (Lipinski definition) is 5. The second-order valence-electron chi connectivity index (χ2n) is 5.77. The van der Waals surface area contributed by atoms with Crippen molar-refractivity contribution < 1.29 is 9.32 Å². The van der Waals surface area contributed by atoms with Crippen LogP contribution in [-0.4, -0.2) is 41.1 Å². The molecule has 4 rings (SSSR count). The van der Waals surface area contributed by atoms with Gasteiger partial charge in [0.2, 0.25) is 0 Å². The Morgan fingerprint density at radius 2 is 2.17 bits per heavy atom. The molecule has 0 saturated carbocycles. The van der Waals surface area contributed by atoms with E-state index < -0.39 is 0 Å². The fourth-order valence-corrected chi connectivity index (χ4v) is 4.38. The molecule has 2 aromatic heterocycles. The Bertz CT molecular complexity index is 688. The van der Waals surface area contributed by atoms with Gasteiger partial charge in [0.1, 0.15) is 0 Å². The molecule has 2 aromatic rings. The highest BCUT2D eigenvalue weighted by Gasteiger charge is 2.39. The quantitative estimate of drug-likeness (QED) is 0.875. The Morgan fingerprint density at radius 3 is 2.96 bits per heavy atom. The highest BCUT2D eigenvalue weighted by Crippen LogP contribution is 2.33. The molecule has 1 N–H and O–H groups in total. The van der Waals surface area contributed by atoms with E-state index >= 15 is 0 Å². The number of nitrogens with one attached hydrogen (secondary N) is 1. The number of aromatic nitrogens is 1. The smallest absolute Gasteiger partial charge is 0.276 e. The first kappa shape index (κ1) is 16.8. The summed E-state index contributed by atoms with van der Waals surface area (Å²) < 4.78 is 6.03. The van der Waals surface area contributed by atoms with Crippen LogP contribution in [0, 0.1) is 0 Å². The summed E-state index contributed by atoms with van der Waals surface area (Å²) in [5.41, 5.74) is 0.387. The maximum absolute atomic E-state index is 12.8. The number of halogens is 2. The van der Waals surface area contributed by atoms with Crippen molar-refractivity contribution >= 4 is 41.3 Å². The standard InChI is InChI=1S/C15H16ClN3O2S.ClH/c16-14-4-3-13(22-14)12-7-11(18-21-12)15(20)19-9-1-2-10(19)8-17-6-5-9;/h3-4,7,9-10,17H,1-2,5-6,8H2;1H. The van der Waals surface area contributed by atoms with Crippen molar-refractivity contribution in [3.8, 4) is 10.6 Å². The van der Waals surface area contributed by atoms with Crippen LogP contribution in [0.25, 0.3) is 10.6 Å². The second kappa shape index (κ2) is 6.81. The summed E-state index contributed by atoms with van der Waals surface area (Å²) in [7, 11) is 0. The molecule has 2 aliphatic rings. The van der Waals surface area contributed by atoms with Gasteiger partial charge in [-0.25, -0.2) is 0 Å². The molecule has 1 amide bonds. The van der Waals surface area contributed by atoms with Gasteiger partial charge in [0.15, 0.2) is 11.5 Å². The van der Waals surface area contributed by atoms with Gasteiger partial charge < -0.3 is 14.7 Å². The monoisotopic (exact) mass is 373 g/mol. The molecule has 0 spiro atoms. The predicted octanol–water partition coefficient (Wildman–Crippen LogP) is 3.44. The van der Waals surface area contributed by atoms with Crippen molar-refractivity contribution in [2.45, 2.75) is 31.3 Å². The molecule has 8 heteroatoms. The van der Waals surface area contributed by atoms with Crippen LogP contribution >= 0.6 is 35.3 Å². The number of rotatable bonds is 2. The molecular formula is C15H17Cl2N3O2S. The van der Waals surface area contributed by atoms with Crippen LogP contribution in [0.5, 0.6) is 0 Å². The third-order valence-electron chi connectivity index (χ3n) is 4.43. The van der Waals surface area contributed by atoms with Gasteiger partial charge in [0.25, 0.3) is 5.91 Å². The maximum Gasteiger partial charge on any atom is 0.276 e. The first-order valence-corrected chi connectivity index (χ1v) is 8.67. The van der Waals surface area contributed by atoms with Gasteiger partial charge in [-0.15, -0.1) is 23.7 Å². The van der Waals surface area contributed by atoms with E-state index in [4.69, 9.17) is 16.1 Å². The van der Waals surface area contributed by atoms with Crippen molar-refractivity contribution in [3.05, 3.63) is 28.2 Å². The number of carbonyl (C=O) groups excluding carboxylic acids is 1. The molecule has 2 aliphatic heterocycles. The normalized spacial score (nSPS) is 23.4. The lowest BCUT2D eigenvalue weighted by Gasteiger charge is -2.26. The molecule has 23 heavy (non-hydrogen) atoms. The zero-order chi connectivity index (χ0) is 15.1. The molecular weight excluding hydrogens is 357 g/mol. The average molecular weight is 374 g/mol. The molecule has 0 aliphatic carbocycles. The first-order chi connectivity index (χ1) is 10.7. The third-order valence-corrected chi connectivity index (χ3v) is 5.68. The van der Waals surface area contributed by atoms with E-state index in [-0.39, 0.29) is 24.4 Å². The number of fused-ring (bicyclic) bond motifs is 2. The van der Waals surface area contributed by atoms with Crippen molar-refractivity contribution in [3.63, 3.8) is 0 Å². The third kappa shape index (κ3) is 3.13. The van der Waals surface area contributed by atoms with Crippen molar-refractivity contribution in [2.24, 2.45) is 0 Å². The summed E-state index contributed by atoms with van der Waals surface area (Å²) >= 11 is 7.36. The van der Waals surface area contributed by atoms with E-state index in [1.807, 2.05) is 17.0 Å². The Morgan fingerprint density at radius 1 is 1.35 bits per heavy atom. The van der Waals surface area contributed by atoms with E-state index in [0.717, 1.165) is 37.2 Å². The lowest BCUT2D eigenvalue weighted by molar-refractivity contribution is 0.0669. The van der Waals surface area contributed by atoms with Crippen LogP contribution < -0.4 is 5.32 Å². The number of amides is 1. The van der Waals surface area contributed by atoms with Gasteiger partial charge in [-0.2, -0.15) is 0 Å². The van der Waals surface area contributed by atoms with Gasteiger partial charge in [-0.3, -0.25) is 4.79 Å².